The first-order chi connectivity index (χ1) is 11.7. The number of hydrogen-bond acceptors (Lipinski definition) is 5. The second-order valence-electron chi connectivity index (χ2n) is 6.25. The number of hydrogen-bond donors (Lipinski definition) is 2. The second kappa shape index (κ2) is 7.99. The molecule has 2 N–H and O–H groups in total. The highest BCUT2D eigenvalue weighted by atomic mass is 16.6. The lowest BCUT2D eigenvalue weighted by molar-refractivity contribution is -0.122. The summed E-state index contributed by atoms with van der Waals surface area (Å²) in [6, 6.07) is 3.26. The van der Waals surface area contributed by atoms with Crippen LogP contribution in [-0.4, -0.2) is 42.7 Å². The van der Waals surface area contributed by atoms with Crippen LogP contribution in [0.5, 0.6) is 0 Å². The van der Waals surface area contributed by atoms with Gasteiger partial charge in [-0.25, -0.2) is 9.78 Å². The van der Waals surface area contributed by atoms with E-state index in [9.17, 15) is 9.59 Å². The SMILES string of the molecule is O=C1NC(C(=O)NCc2cccnc2N2CCCCCCC2)CO1. The molecule has 2 aliphatic heterocycles. The maximum atomic E-state index is 12.1. The summed E-state index contributed by atoms with van der Waals surface area (Å²) < 4.78 is 4.75. The number of nitrogens with zero attached hydrogens (tertiary/aromatic N) is 2. The maximum Gasteiger partial charge on any atom is 0.407 e. The van der Waals surface area contributed by atoms with Crippen molar-refractivity contribution in [3.05, 3.63) is 23.9 Å². The topological polar surface area (TPSA) is 83.6 Å². The van der Waals surface area contributed by atoms with Gasteiger partial charge in [0.2, 0.25) is 5.91 Å². The first-order valence-corrected chi connectivity index (χ1v) is 8.64. The number of alkyl carbamates (subject to hydrolysis) is 1. The Labute approximate surface area is 141 Å². The maximum absolute atomic E-state index is 12.1. The van der Waals surface area contributed by atoms with Gasteiger partial charge < -0.3 is 20.3 Å². The van der Waals surface area contributed by atoms with Crippen molar-refractivity contribution in [1.29, 1.82) is 0 Å². The zero-order chi connectivity index (χ0) is 16.8. The molecule has 7 nitrogen and oxygen atoms in total. The van der Waals surface area contributed by atoms with Crippen LogP contribution in [-0.2, 0) is 16.1 Å². The van der Waals surface area contributed by atoms with E-state index < -0.39 is 12.1 Å². The minimum absolute atomic E-state index is 0.0800. The molecule has 2 amide bonds. The lowest BCUT2D eigenvalue weighted by Gasteiger charge is -2.27. The van der Waals surface area contributed by atoms with Gasteiger partial charge in [0.25, 0.3) is 0 Å². The lowest BCUT2D eigenvalue weighted by atomic mass is 10.1. The molecule has 2 fully saturated rings. The Morgan fingerprint density at radius 3 is 2.75 bits per heavy atom. The zero-order valence-electron chi connectivity index (χ0n) is 13.8. The Hall–Kier alpha value is -2.31. The molecule has 0 spiro atoms. The summed E-state index contributed by atoms with van der Waals surface area (Å²) in [6.07, 6.45) is 7.44. The number of cyclic esters (lactones) is 1. The van der Waals surface area contributed by atoms with Gasteiger partial charge in [-0.15, -0.1) is 0 Å². The van der Waals surface area contributed by atoms with Gasteiger partial charge in [0.05, 0.1) is 0 Å². The van der Waals surface area contributed by atoms with Crippen molar-refractivity contribution in [3.63, 3.8) is 0 Å². The van der Waals surface area contributed by atoms with E-state index in [4.69, 9.17) is 4.74 Å². The van der Waals surface area contributed by atoms with Crippen LogP contribution in [0.1, 0.15) is 37.7 Å². The quantitative estimate of drug-likeness (QED) is 0.874. The van der Waals surface area contributed by atoms with Crippen LogP contribution >= 0.6 is 0 Å². The van der Waals surface area contributed by atoms with E-state index in [1.807, 2.05) is 12.1 Å². The van der Waals surface area contributed by atoms with Crippen LogP contribution in [0.15, 0.2) is 18.3 Å². The summed E-state index contributed by atoms with van der Waals surface area (Å²) in [4.78, 5) is 30.0. The molecule has 1 unspecified atom stereocenters. The minimum Gasteiger partial charge on any atom is -0.447 e. The van der Waals surface area contributed by atoms with Gasteiger partial charge in [-0.3, -0.25) is 4.79 Å². The second-order valence-corrected chi connectivity index (χ2v) is 6.25. The summed E-state index contributed by atoms with van der Waals surface area (Å²) in [5.41, 5.74) is 0.997. The van der Waals surface area contributed by atoms with Gasteiger partial charge in [-0.2, -0.15) is 0 Å². The van der Waals surface area contributed by atoms with Crippen molar-refractivity contribution in [2.24, 2.45) is 0 Å². The predicted octanol–water partition coefficient (Wildman–Crippen LogP) is 1.58. The van der Waals surface area contributed by atoms with Crippen LogP contribution < -0.4 is 15.5 Å². The number of nitrogens with one attached hydrogen (secondary N) is 2. The number of ether oxygens (including phenoxy) is 1. The fraction of sp³-hybridized carbons (Fsp3) is 0.588. The number of carbonyl (C=O) groups excluding carboxylic acids is 2. The molecule has 2 aliphatic rings. The van der Waals surface area contributed by atoms with Crippen molar-refractivity contribution < 1.29 is 14.3 Å². The number of anilines is 1. The highest BCUT2D eigenvalue weighted by molar-refractivity contribution is 5.87. The Morgan fingerprint density at radius 1 is 1.29 bits per heavy atom. The average molecular weight is 332 g/mol. The fourth-order valence-corrected chi connectivity index (χ4v) is 3.14. The highest BCUT2D eigenvalue weighted by Gasteiger charge is 2.28. The van der Waals surface area contributed by atoms with E-state index in [1.165, 1.54) is 32.1 Å². The van der Waals surface area contributed by atoms with Gasteiger partial charge in [0.15, 0.2) is 0 Å². The zero-order valence-corrected chi connectivity index (χ0v) is 13.8. The van der Waals surface area contributed by atoms with E-state index in [-0.39, 0.29) is 12.5 Å². The van der Waals surface area contributed by atoms with Gasteiger partial charge in [0, 0.05) is 31.4 Å². The Kier molecular flexibility index (Phi) is 5.51. The molecule has 0 radical (unpaired) electrons. The van der Waals surface area contributed by atoms with E-state index in [0.29, 0.717) is 6.54 Å². The van der Waals surface area contributed by atoms with Crippen molar-refractivity contribution in [1.82, 2.24) is 15.6 Å². The molecular weight excluding hydrogens is 308 g/mol. The molecule has 130 valence electrons. The third kappa shape index (κ3) is 4.15. The molecule has 1 atom stereocenters. The highest BCUT2D eigenvalue weighted by Crippen LogP contribution is 2.21. The van der Waals surface area contributed by atoms with Crippen molar-refractivity contribution >= 4 is 17.8 Å². The van der Waals surface area contributed by atoms with Crippen molar-refractivity contribution in [3.8, 4) is 0 Å². The third-order valence-electron chi connectivity index (χ3n) is 4.47. The molecule has 0 bridgehead atoms. The van der Waals surface area contributed by atoms with E-state index in [1.54, 1.807) is 6.20 Å². The molecule has 0 aromatic carbocycles. The van der Waals surface area contributed by atoms with Crippen LogP contribution in [0, 0.1) is 0 Å². The van der Waals surface area contributed by atoms with Crippen molar-refractivity contribution in [2.45, 2.75) is 44.7 Å². The first-order valence-electron chi connectivity index (χ1n) is 8.64. The van der Waals surface area contributed by atoms with Crippen LogP contribution in [0.2, 0.25) is 0 Å². The van der Waals surface area contributed by atoms with Gasteiger partial charge in [-0.1, -0.05) is 25.3 Å². The number of carbonyl (C=O) groups is 2. The van der Waals surface area contributed by atoms with Crippen LogP contribution in [0.3, 0.4) is 0 Å². The normalized spacial score (nSPS) is 21.4. The summed E-state index contributed by atoms with van der Waals surface area (Å²) in [5.74, 6) is 0.717. The molecular formula is C17H24N4O3. The van der Waals surface area contributed by atoms with E-state index in [2.05, 4.69) is 20.5 Å². The third-order valence-corrected chi connectivity index (χ3v) is 4.47. The molecule has 3 heterocycles. The number of amides is 2. The molecule has 7 heteroatoms. The van der Waals surface area contributed by atoms with Gasteiger partial charge in [-0.05, 0) is 18.9 Å². The summed E-state index contributed by atoms with van der Waals surface area (Å²) in [5, 5.41) is 5.35. The molecule has 1 aromatic heterocycles. The number of aromatic nitrogens is 1. The smallest absolute Gasteiger partial charge is 0.407 e. The summed E-state index contributed by atoms with van der Waals surface area (Å²) in [6.45, 7) is 2.48. The lowest BCUT2D eigenvalue weighted by Crippen LogP contribution is -2.42. The number of rotatable bonds is 4. The molecule has 3 rings (SSSR count). The Balaban J connectivity index is 1.63. The average Bonchev–Trinajstić information content (AvgIpc) is 2.99. The predicted molar refractivity (Wildman–Crippen MR) is 89.7 cm³/mol. The molecule has 1 aromatic rings. The first kappa shape index (κ1) is 16.5. The molecule has 0 saturated carbocycles. The van der Waals surface area contributed by atoms with E-state index >= 15 is 0 Å². The Bertz CT molecular complexity index is 585. The summed E-state index contributed by atoms with van der Waals surface area (Å²) in [7, 11) is 0. The molecule has 0 aliphatic carbocycles. The standard InChI is InChI=1S/C17H24N4O3/c22-16(14-12-24-17(23)20-14)19-11-13-7-6-8-18-15(13)21-9-4-2-1-3-5-10-21/h6-8,14H,1-5,9-12H2,(H,19,22)(H,20,23). The monoisotopic (exact) mass is 332 g/mol. The van der Waals surface area contributed by atoms with Gasteiger partial charge >= 0.3 is 6.09 Å². The molecule has 24 heavy (non-hydrogen) atoms. The van der Waals surface area contributed by atoms with Crippen LogP contribution in [0.25, 0.3) is 0 Å². The van der Waals surface area contributed by atoms with Crippen molar-refractivity contribution in [2.75, 3.05) is 24.6 Å². The van der Waals surface area contributed by atoms with Crippen LogP contribution in [0.4, 0.5) is 10.6 Å². The summed E-state index contributed by atoms with van der Waals surface area (Å²) >= 11 is 0. The van der Waals surface area contributed by atoms with Gasteiger partial charge in [0.1, 0.15) is 18.5 Å². The van der Waals surface area contributed by atoms with E-state index in [0.717, 1.165) is 24.5 Å². The Morgan fingerprint density at radius 2 is 2.04 bits per heavy atom. The fourth-order valence-electron chi connectivity index (χ4n) is 3.14. The number of pyridine rings is 1. The largest absolute Gasteiger partial charge is 0.447 e. The minimum atomic E-state index is -0.612. The molecule has 2 saturated heterocycles.